The molecule has 0 aliphatic heterocycles. The smallest absolute Gasteiger partial charge is 0.111 e. The normalized spacial score (nSPS) is 13.9. The molecule has 4 nitrogen and oxygen atoms in total. The molecule has 0 aliphatic rings. The largest absolute Gasteiger partial charge is 0.398 e. The first-order valence-corrected chi connectivity index (χ1v) is 5.15. The zero-order valence-corrected chi connectivity index (χ0v) is 9.14. The number of hydrogen-bond acceptors (Lipinski definition) is 4. The van der Waals surface area contributed by atoms with Crippen LogP contribution in [0, 0.1) is 0 Å². The summed E-state index contributed by atoms with van der Waals surface area (Å²) in [6.07, 6.45) is 3.01. The van der Waals surface area contributed by atoms with E-state index >= 15 is 0 Å². The molecule has 0 amide bonds. The lowest BCUT2D eigenvalue weighted by atomic mass is 9.86. The van der Waals surface area contributed by atoms with Gasteiger partial charge in [-0.1, -0.05) is 13.8 Å². The number of pyridine rings is 1. The fourth-order valence-electron chi connectivity index (χ4n) is 1.57. The van der Waals surface area contributed by atoms with Crippen LogP contribution in [0.15, 0.2) is 18.5 Å². The van der Waals surface area contributed by atoms with Crippen LogP contribution in [0.1, 0.15) is 38.4 Å². The fourth-order valence-corrected chi connectivity index (χ4v) is 1.57. The molecule has 0 bridgehead atoms. The van der Waals surface area contributed by atoms with Gasteiger partial charge in [0.25, 0.3) is 0 Å². The second kappa shape index (κ2) is 4.59. The lowest BCUT2D eigenvalue weighted by Gasteiger charge is -2.31. The minimum absolute atomic E-state index is 0.456. The summed E-state index contributed by atoms with van der Waals surface area (Å²) in [6, 6.07) is 1.62. The minimum Gasteiger partial charge on any atom is -0.398 e. The fraction of sp³-hybridized carbons (Fsp3) is 0.545. The maximum atomic E-state index is 10.1. The van der Waals surface area contributed by atoms with Crippen LogP contribution in [0.3, 0.4) is 0 Å². The quantitative estimate of drug-likeness (QED) is 0.698. The number of aromatic nitrogens is 1. The van der Waals surface area contributed by atoms with Gasteiger partial charge in [-0.15, -0.1) is 0 Å². The van der Waals surface area contributed by atoms with Crippen molar-refractivity contribution in [3.8, 4) is 0 Å². The summed E-state index contributed by atoms with van der Waals surface area (Å²) in [7, 11) is 0. The number of anilines is 1. The number of rotatable bonds is 4. The molecule has 1 rings (SSSR count). The summed E-state index contributed by atoms with van der Waals surface area (Å²) in [5.41, 5.74) is 5.53. The Labute approximate surface area is 89.8 Å². The Hall–Kier alpha value is -1.13. The highest BCUT2D eigenvalue weighted by atomic mass is 16.3. The molecule has 1 aromatic rings. The molecule has 0 fully saturated rings. The first kappa shape index (κ1) is 11.9. The van der Waals surface area contributed by atoms with Crippen LogP contribution in [0.4, 0.5) is 5.69 Å². The van der Waals surface area contributed by atoms with Crippen molar-refractivity contribution >= 4 is 5.69 Å². The van der Waals surface area contributed by atoms with Crippen LogP contribution in [0.2, 0.25) is 0 Å². The van der Waals surface area contributed by atoms with Crippen molar-refractivity contribution in [2.24, 2.45) is 0 Å². The topological polar surface area (TPSA) is 79.4 Å². The Balaban J connectivity index is 3.03. The van der Waals surface area contributed by atoms with Gasteiger partial charge in [-0.25, -0.2) is 0 Å². The summed E-state index contributed by atoms with van der Waals surface area (Å²) in [4.78, 5) is 3.90. The second-order valence-corrected chi connectivity index (χ2v) is 3.72. The molecule has 15 heavy (non-hydrogen) atoms. The van der Waals surface area contributed by atoms with Crippen molar-refractivity contribution in [2.75, 3.05) is 5.73 Å². The van der Waals surface area contributed by atoms with Gasteiger partial charge in [0, 0.05) is 23.6 Å². The van der Waals surface area contributed by atoms with Gasteiger partial charge in [-0.3, -0.25) is 4.98 Å². The van der Waals surface area contributed by atoms with E-state index in [0.717, 1.165) is 0 Å². The van der Waals surface area contributed by atoms with Gasteiger partial charge < -0.3 is 15.9 Å². The SMILES string of the molecule is CCC(O)(CC)C(O)c1cnccc1N. The van der Waals surface area contributed by atoms with E-state index in [9.17, 15) is 10.2 Å². The Bertz CT molecular complexity index is 324. The molecule has 1 unspecified atom stereocenters. The Kier molecular flexibility index (Phi) is 3.66. The van der Waals surface area contributed by atoms with Crippen molar-refractivity contribution in [3.63, 3.8) is 0 Å². The predicted octanol–water partition coefficient (Wildman–Crippen LogP) is 1.25. The van der Waals surface area contributed by atoms with Gasteiger partial charge in [0.2, 0.25) is 0 Å². The molecule has 0 aromatic carbocycles. The molecule has 0 radical (unpaired) electrons. The summed E-state index contributed by atoms with van der Waals surface area (Å²) in [5, 5.41) is 20.2. The second-order valence-electron chi connectivity index (χ2n) is 3.72. The molecule has 4 heteroatoms. The molecule has 1 aromatic heterocycles. The third kappa shape index (κ3) is 2.27. The molecule has 4 N–H and O–H groups in total. The molecule has 1 heterocycles. The molecule has 0 aliphatic carbocycles. The van der Waals surface area contributed by atoms with E-state index in [0.29, 0.717) is 24.1 Å². The van der Waals surface area contributed by atoms with E-state index in [1.807, 2.05) is 13.8 Å². The van der Waals surface area contributed by atoms with Crippen molar-refractivity contribution in [1.29, 1.82) is 0 Å². The van der Waals surface area contributed by atoms with Gasteiger partial charge in [0.1, 0.15) is 6.10 Å². The third-order valence-electron chi connectivity index (χ3n) is 2.92. The maximum absolute atomic E-state index is 10.1. The van der Waals surface area contributed by atoms with E-state index in [4.69, 9.17) is 5.73 Å². The van der Waals surface area contributed by atoms with Crippen molar-refractivity contribution in [1.82, 2.24) is 4.98 Å². The highest BCUT2D eigenvalue weighted by molar-refractivity contribution is 5.46. The van der Waals surface area contributed by atoms with Crippen LogP contribution in [-0.4, -0.2) is 20.8 Å². The molecule has 0 saturated carbocycles. The minimum atomic E-state index is -1.13. The van der Waals surface area contributed by atoms with Crippen LogP contribution in [0.5, 0.6) is 0 Å². The van der Waals surface area contributed by atoms with Gasteiger partial charge >= 0.3 is 0 Å². The molecule has 1 atom stereocenters. The monoisotopic (exact) mass is 210 g/mol. The van der Waals surface area contributed by atoms with Gasteiger partial charge in [0.15, 0.2) is 0 Å². The number of nitrogen functional groups attached to an aromatic ring is 1. The van der Waals surface area contributed by atoms with Crippen molar-refractivity contribution < 1.29 is 10.2 Å². The van der Waals surface area contributed by atoms with Gasteiger partial charge in [-0.05, 0) is 18.9 Å². The van der Waals surface area contributed by atoms with E-state index in [1.165, 1.54) is 6.20 Å². The predicted molar refractivity (Wildman–Crippen MR) is 59.1 cm³/mol. The maximum Gasteiger partial charge on any atom is 0.111 e. The van der Waals surface area contributed by atoms with Crippen LogP contribution in [0.25, 0.3) is 0 Å². The summed E-state index contributed by atoms with van der Waals surface area (Å²) in [6.45, 7) is 3.67. The Morgan fingerprint density at radius 3 is 2.53 bits per heavy atom. The molecular weight excluding hydrogens is 192 g/mol. The van der Waals surface area contributed by atoms with Crippen LogP contribution < -0.4 is 5.73 Å². The van der Waals surface area contributed by atoms with E-state index in [1.54, 1.807) is 12.3 Å². The van der Waals surface area contributed by atoms with Crippen molar-refractivity contribution in [3.05, 3.63) is 24.0 Å². The molecule has 0 saturated heterocycles. The number of hydrogen-bond donors (Lipinski definition) is 3. The third-order valence-corrected chi connectivity index (χ3v) is 2.92. The first-order valence-electron chi connectivity index (χ1n) is 5.15. The Morgan fingerprint density at radius 2 is 2.07 bits per heavy atom. The number of aliphatic hydroxyl groups excluding tert-OH is 1. The number of nitrogens with two attached hydrogens (primary N) is 1. The molecule has 84 valence electrons. The number of nitrogens with zero attached hydrogens (tertiary/aromatic N) is 1. The van der Waals surface area contributed by atoms with Gasteiger partial charge in [-0.2, -0.15) is 0 Å². The average Bonchev–Trinajstić information content (AvgIpc) is 2.28. The lowest BCUT2D eigenvalue weighted by molar-refractivity contribution is -0.0818. The molecular formula is C11H18N2O2. The van der Waals surface area contributed by atoms with Crippen LogP contribution in [-0.2, 0) is 0 Å². The standard InChI is InChI=1S/C11H18N2O2/c1-3-11(15,4-2)10(14)8-7-13-6-5-9(8)12/h5-7,10,14-15H,3-4H2,1-2H3,(H2,12,13). The summed E-state index contributed by atoms with van der Waals surface area (Å²) < 4.78 is 0. The first-order chi connectivity index (χ1) is 7.05. The highest BCUT2D eigenvalue weighted by Crippen LogP contribution is 2.33. The zero-order chi connectivity index (χ0) is 11.5. The van der Waals surface area contributed by atoms with Gasteiger partial charge in [0.05, 0.1) is 5.60 Å². The number of aliphatic hydroxyl groups is 2. The lowest BCUT2D eigenvalue weighted by Crippen LogP contribution is -2.35. The highest BCUT2D eigenvalue weighted by Gasteiger charge is 2.34. The summed E-state index contributed by atoms with van der Waals surface area (Å²) >= 11 is 0. The van der Waals surface area contributed by atoms with E-state index < -0.39 is 11.7 Å². The van der Waals surface area contributed by atoms with Crippen molar-refractivity contribution in [2.45, 2.75) is 38.4 Å². The van der Waals surface area contributed by atoms with Crippen LogP contribution >= 0.6 is 0 Å². The molecule has 0 spiro atoms. The summed E-state index contributed by atoms with van der Waals surface area (Å²) in [5.74, 6) is 0. The van der Waals surface area contributed by atoms with E-state index in [-0.39, 0.29) is 0 Å². The van der Waals surface area contributed by atoms with E-state index in [2.05, 4.69) is 4.98 Å². The zero-order valence-electron chi connectivity index (χ0n) is 9.14. The average molecular weight is 210 g/mol. The Morgan fingerprint density at radius 1 is 1.47 bits per heavy atom.